The summed E-state index contributed by atoms with van der Waals surface area (Å²) in [6, 6.07) is 5.22. The maximum Gasteiger partial charge on any atom is 0.241 e. The van der Waals surface area contributed by atoms with Gasteiger partial charge in [-0.05, 0) is 47.2 Å². The molecule has 0 aromatic heterocycles. The van der Waals surface area contributed by atoms with Crippen LogP contribution >= 0.6 is 15.9 Å². The molecule has 1 rings (SSSR count). The topological polar surface area (TPSA) is 58.2 Å². The summed E-state index contributed by atoms with van der Waals surface area (Å²) in [5.74, 6) is 0. The lowest BCUT2D eigenvalue weighted by molar-refractivity contribution is 0.587. The van der Waals surface area contributed by atoms with Gasteiger partial charge in [0.1, 0.15) is 0 Å². The number of hydrogen-bond donors (Lipinski definition) is 2. The Hall–Kier alpha value is -0.430. The summed E-state index contributed by atoms with van der Waals surface area (Å²) in [5, 5.41) is 3.18. The zero-order valence-corrected chi connectivity index (χ0v) is 11.7. The first kappa shape index (κ1) is 13.6. The molecule has 0 radical (unpaired) electrons. The van der Waals surface area contributed by atoms with E-state index >= 15 is 0 Å². The van der Waals surface area contributed by atoms with Crippen molar-refractivity contribution in [3.63, 3.8) is 0 Å². The van der Waals surface area contributed by atoms with Gasteiger partial charge in [-0.3, -0.25) is 0 Å². The lowest BCUT2D eigenvalue weighted by Gasteiger charge is -2.08. The minimum atomic E-state index is -3.38. The van der Waals surface area contributed by atoms with E-state index in [1.165, 1.54) is 7.05 Å². The normalized spacial score (nSPS) is 11.7. The fourth-order valence-corrected chi connectivity index (χ4v) is 3.10. The summed E-state index contributed by atoms with van der Waals surface area (Å²) in [7, 11) is -1.99. The Morgan fingerprint density at radius 3 is 2.56 bits per heavy atom. The van der Waals surface area contributed by atoms with Gasteiger partial charge in [-0.15, -0.1) is 0 Å². The van der Waals surface area contributed by atoms with E-state index < -0.39 is 10.0 Å². The number of halogens is 1. The molecule has 0 saturated carbocycles. The molecule has 0 aliphatic heterocycles. The first-order chi connectivity index (χ1) is 7.51. The van der Waals surface area contributed by atoms with Gasteiger partial charge < -0.3 is 5.32 Å². The van der Waals surface area contributed by atoms with Gasteiger partial charge in [0.05, 0.1) is 4.90 Å². The van der Waals surface area contributed by atoms with E-state index in [0.717, 1.165) is 18.7 Å². The quantitative estimate of drug-likeness (QED) is 0.866. The molecular weight excluding hydrogens is 292 g/mol. The first-order valence-electron chi connectivity index (χ1n) is 4.94. The van der Waals surface area contributed by atoms with Gasteiger partial charge in [0.2, 0.25) is 10.0 Å². The predicted octanol–water partition coefficient (Wildman–Crippen LogP) is 1.47. The molecule has 90 valence electrons. The third-order valence-electron chi connectivity index (χ3n) is 2.13. The molecule has 0 saturated heterocycles. The molecule has 0 aliphatic rings. The van der Waals surface area contributed by atoms with Crippen molar-refractivity contribution in [2.45, 2.75) is 18.4 Å². The number of benzene rings is 1. The van der Waals surface area contributed by atoms with Gasteiger partial charge in [0, 0.05) is 11.0 Å². The smallest absolute Gasteiger partial charge is 0.241 e. The van der Waals surface area contributed by atoms with Gasteiger partial charge in [0.15, 0.2) is 0 Å². The maximum absolute atomic E-state index is 11.6. The highest BCUT2D eigenvalue weighted by Gasteiger charge is 2.15. The van der Waals surface area contributed by atoms with Gasteiger partial charge >= 0.3 is 0 Å². The van der Waals surface area contributed by atoms with E-state index in [9.17, 15) is 8.42 Å². The summed E-state index contributed by atoms with van der Waals surface area (Å²) >= 11 is 3.27. The largest absolute Gasteiger partial charge is 0.313 e. The minimum absolute atomic E-state index is 0.259. The van der Waals surface area contributed by atoms with Gasteiger partial charge in [-0.25, -0.2) is 13.1 Å². The molecule has 2 N–H and O–H groups in total. The molecule has 1 aromatic rings. The van der Waals surface area contributed by atoms with E-state index in [4.69, 9.17) is 0 Å². The number of sulfonamides is 1. The van der Waals surface area contributed by atoms with E-state index in [0.29, 0.717) is 4.47 Å². The van der Waals surface area contributed by atoms with Crippen LogP contribution in [0.4, 0.5) is 0 Å². The molecule has 6 heteroatoms. The van der Waals surface area contributed by atoms with Crippen molar-refractivity contribution in [3.8, 4) is 0 Å². The van der Waals surface area contributed by atoms with Crippen LogP contribution in [0.25, 0.3) is 0 Å². The molecule has 0 spiro atoms. The average Bonchev–Trinajstić information content (AvgIpc) is 2.26. The van der Waals surface area contributed by atoms with Crippen molar-refractivity contribution >= 4 is 26.0 Å². The second-order valence-electron chi connectivity index (χ2n) is 3.25. The zero-order chi connectivity index (χ0) is 12.2. The van der Waals surface area contributed by atoms with Crippen LogP contribution in [0, 0.1) is 0 Å². The molecule has 0 aliphatic carbocycles. The lowest BCUT2D eigenvalue weighted by atomic mass is 10.2. The standard InChI is InChI=1S/C10H15BrN2O2S/c1-3-13-7-8-4-5-10(9(11)6-8)16(14,15)12-2/h4-6,12-13H,3,7H2,1-2H3. The highest BCUT2D eigenvalue weighted by Crippen LogP contribution is 2.22. The first-order valence-corrected chi connectivity index (χ1v) is 7.21. The van der Waals surface area contributed by atoms with Crippen LogP contribution in [0.1, 0.15) is 12.5 Å². The second-order valence-corrected chi connectivity index (χ2v) is 5.96. The number of hydrogen-bond acceptors (Lipinski definition) is 3. The van der Waals surface area contributed by atoms with Crippen LogP contribution < -0.4 is 10.0 Å². The van der Waals surface area contributed by atoms with E-state index in [1.807, 2.05) is 13.0 Å². The molecule has 16 heavy (non-hydrogen) atoms. The van der Waals surface area contributed by atoms with Crippen molar-refractivity contribution in [2.24, 2.45) is 0 Å². The Labute approximate surface area is 105 Å². The Kier molecular flexibility index (Phi) is 4.91. The fourth-order valence-electron chi connectivity index (χ4n) is 1.25. The minimum Gasteiger partial charge on any atom is -0.313 e. The highest BCUT2D eigenvalue weighted by atomic mass is 79.9. The Morgan fingerprint density at radius 1 is 1.38 bits per heavy atom. The highest BCUT2D eigenvalue weighted by molar-refractivity contribution is 9.10. The van der Waals surface area contributed by atoms with Gasteiger partial charge in [-0.1, -0.05) is 13.0 Å². The van der Waals surface area contributed by atoms with Crippen LogP contribution in [0.3, 0.4) is 0 Å². The maximum atomic E-state index is 11.6. The molecule has 0 amide bonds. The Morgan fingerprint density at radius 2 is 2.06 bits per heavy atom. The molecule has 4 nitrogen and oxygen atoms in total. The van der Waals surface area contributed by atoms with Crippen LogP contribution in [0.5, 0.6) is 0 Å². The molecule has 0 heterocycles. The van der Waals surface area contributed by atoms with Gasteiger partial charge in [0.25, 0.3) is 0 Å². The van der Waals surface area contributed by atoms with E-state index in [2.05, 4.69) is 26.0 Å². The molecule has 0 unspecified atom stereocenters. The molecular formula is C10H15BrN2O2S. The van der Waals surface area contributed by atoms with E-state index in [-0.39, 0.29) is 4.90 Å². The summed E-state index contributed by atoms with van der Waals surface area (Å²) in [6.45, 7) is 3.64. The average molecular weight is 307 g/mol. The fraction of sp³-hybridized carbons (Fsp3) is 0.400. The molecule has 0 atom stereocenters. The third kappa shape index (κ3) is 3.28. The number of nitrogens with one attached hydrogen (secondary N) is 2. The van der Waals surface area contributed by atoms with Crippen LogP contribution in [0.2, 0.25) is 0 Å². The molecule has 1 aromatic carbocycles. The molecule has 0 fully saturated rings. The molecule has 0 bridgehead atoms. The Bertz CT molecular complexity index is 460. The summed E-state index contributed by atoms with van der Waals surface area (Å²) in [4.78, 5) is 0.259. The summed E-state index contributed by atoms with van der Waals surface area (Å²) < 4.78 is 26.0. The predicted molar refractivity (Wildman–Crippen MR) is 67.8 cm³/mol. The van der Waals surface area contributed by atoms with Crippen molar-refractivity contribution in [1.82, 2.24) is 10.0 Å². The zero-order valence-electron chi connectivity index (χ0n) is 9.25. The van der Waals surface area contributed by atoms with Crippen LogP contribution in [0.15, 0.2) is 27.6 Å². The van der Waals surface area contributed by atoms with E-state index in [1.54, 1.807) is 12.1 Å². The SMILES string of the molecule is CCNCc1ccc(S(=O)(=O)NC)c(Br)c1. The van der Waals surface area contributed by atoms with Crippen molar-refractivity contribution in [3.05, 3.63) is 28.2 Å². The van der Waals surface area contributed by atoms with Crippen LogP contribution in [-0.4, -0.2) is 22.0 Å². The van der Waals surface area contributed by atoms with Crippen molar-refractivity contribution in [1.29, 1.82) is 0 Å². The second kappa shape index (κ2) is 5.77. The monoisotopic (exact) mass is 306 g/mol. The van der Waals surface area contributed by atoms with Crippen molar-refractivity contribution in [2.75, 3.05) is 13.6 Å². The van der Waals surface area contributed by atoms with Crippen LogP contribution in [-0.2, 0) is 16.6 Å². The van der Waals surface area contributed by atoms with Crippen molar-refractivity contribution < 1.29 is 8.42 Å². The number of rotatable bonds is 5. The Balaban J connectivity index is 3.01. The third-order valence-corrected chi connectivity index (χ3v) is 4.52. The lowest BCUT2D eigenvalue weighted by Crippen LogP contribution is -2.19. The summed E-state index contributed by atoms with van der Waals surface area (Å²) in [6.07, 6.45) is 0. The van der Waals surface area contributed by atoms with Gasteiger partial charge in [-0.2, -0.15) is 0 Å². The summed E-state index contributed by atoms with van der Waals surface area (Å²) in [5.41, 5.74) is 1.05.